The number of hydrogen-bond donors (Lipinski definition) is 2. The maximum Gasteiger partial charge on any atom is 0.317 e. The van der Waals surface area contributed by atoms with Crippen LogP contribution in [0.2, 0.25) is 0 Å². The molecule has 0 atom stereocenters. The molecule has 2 aromatic carbocycles. The largest absolute Gasteiger partial charge is 0.367 e. The third kappa shape index (κ3) is 6.95. The normalized spacial score (nSPS) is 18.4. The van der Waals surface area contributed by atoms with E-state index >= 15 is 0 Å². The first kappa shape index (κ1) is 28.0. The van der Waals surface area contributed by atoms with Gasteiger partial charge in [0.1, 0.15) is 0 Å². The number of carbonyl (C=O) groups is 3. The van der Waals surface area contributed by atoms with Gasteiger partial charge < -0.3 is 25.3 Å². The van der Waals surface area contributed by atoms with Crippen LogP contribution in [-0.4, -0.2) is 66.9 Å². The lowest BCUT2D eigenvalue weighted by molar-refractivity contribution is -0.119. The molecule has 8 heteroatoms. The number of anilines is 2. The Bertz CT molecular complexity index is 1170. The second-order valence-electron chi connectivity index (χ2n) is 11.6. The van der Waals surface area contributed by atoms with Gasteiger partial charge in [-0.1, -0.05) is 62.4 Å². The molecule has 214 valence electrons. The second-order valence-corrected chi connectivity index (χ2v) is 11.6. The molecule has 1 saturated heterocycles. The van der Waals surface area contributed by atoms with E-state index in [2.05, 4.69) is 15.5 Å². The molecule has 0 radical (unpaired) electrons. The highest BCUT2D eigenvalue weighted by molar-refractivity contribution is 6.02. The van der Waals surface area contributed by atoms with Gasteiger partial charge in [-0.2, -0.15) is 0 Å². The molecule has 2 aromatic rings. The average molecular weight is 546 g/mol. The topological polar surface area (TPSA) is 85.0 Å². The molecule has 1 heterocycles. The standard InChI is InChI=1S/C32H43N5O3/c1-35(23-24-10-4-2-5-11-24)31(39)28-22-27(33-30(38)25-12-8-9-13-25)16-17-29(28)36-18-20-37(21-19-36)32(40)34-26-14-6-3-7-15-26/h2,4-5,10-11,16-17,22,25-26H,3,6-9,12-15,18-21,23H2,1H3,(H,33,38)(H,34,40). The zero-order valence-corrected chi connectivity index (χ0v) is 23.7. The molecule has 3 aliphatic rings. The molecule has 0 aromatic heterocycles. The minimum absolute atomic E-state index is 0.0235. The van der Waals surface area contributed by atoms with Crippen molar-refractivity contribution < 1.29 is 14.4 Å². The molecule has 2 saturated carbocycles. The van der Waals surface area contributed by atoms with Crippen LogP contribution >= 0.6 is 0 Å². The molecular weight excluding hydrogens is 502 g/mol. The zero-order valence-electron chi connectivity index (χ0n) is 23.7. The molecule has 1 aliphatic heterocycles. The van der Waals surface area contributed by atoms with Gasteiger partial charge in [-0.3, -0.25) is 9.59 Å². The second kappa shape index (κ2) is 13.2. The highest BCUT2D eigenvalue weighted by Gasteiger charge is 2.28. The van der Waals surface area contributed by atoms with Crippen LogP contribution in [0.3, 0.4) is 0 Å². The predicted molar refractivity (Wildman–Crippen MR) is 158 cm³/mol. The highest BCUT2D eigenvalue weighted by Crippen LogP contribution is 2.30. The summed E-state index contributed by atoms with van der Waals surface area (Å²) in [7, 11) is 1.82. The van der Waals surface area contributed by atoms with Crippen LogP contribution in [0.25, 0.3) is 0 Å². The predicted octanol–water partition coefficient (Wildman–Crippen LogP) is 5.25. The van der Waals surface area contributed by atoms with Crippen molar-refractivity contribution in [2.45, 2.75) is 70.4 Å². The zero-order chi connectivity index (χ0) is 27.9. The van der Waals surface area contributed by atoms with E-state index in [1.165, 1.54) is 19.3 Å². The van der Waals surface area contributed by atoms with E-state index in [9.17, 15) is 14.4 Å². The van der Waals surface area contributed by atoms with E-state index in [0.717, 1.165) is 49.8 Å². The lowest BCUT2D eigenvalue weighted by atomic mass is 9.96. The summed E-state index contributed by atoms with van der Waals surface area (Å²) in [5, 5.41) is 6.30. The van der Waals surface area contributed by atoms with Crippen molar-refractivity contribution in [1.29, 1.82) is 0 Å². The number of carbonyl (C=O) groups excluding carboxylic acids is 3. The van der Waals surface area contributed by atoms with Gasteiger partial charge >= 0.3 is 6.03 Å². The van der Waals surface area contributed by atoms with E-state index in [1.807, 2.05) is 60.5 Å². The van der Waals surface area contributed by atoms with Crippen LogP contribution in [0.5, 0.6) is 0 Å². The lowest BCUT2D eigenvalue weighted by Gasteiger charge is -2.38. The van der Waals surface area contributed by atoms with Gasteiger partial charge in [-0.25, -0.2) is 4.79 Å². The van der Waals surface area contributed by atoms with E-state index in [4.69, 9.17) is 0 Å². The Kier molecular flexibility index (Phi) is 9.24. The first-order valence-electron chi connectivity index (χ1n) is 15.0. The van der Waals surface area contributed by atoms with Crippen molar-refractivity contribution in [2.75, 3.05) is 43.4 Å². The van der Waals surface area contributed by atoms with Crippen LogP contribution in [0, 0.1) is 5.92 Å². The minimum Gasteiger partial charge on any atom is -0.367 e. The SMILES string of the molecule is CN(Cc1ccccc1)C(=O)c1cc(NC(=O)C2CCCC2)ccc1N1CCN(C(=O)NC2CCCCC2)CC1. The summed E-state index contributed by atoms with van der Waals surface area (Å²) >= 11 is 0. The van der Waals surface area contributed by atoms with Gasteiger partial charge in [0.2, 0.25) is 5.91 Å². The highest BCUT2D eigenvalue weighted by atomic mass is 16.2. The van der Waals surface area contributed by atoms with Crippen LogP contribution in [0.1, 0.15) is 73.7 Å². The average Bonchev–Trinajstić information content (AvgIpc) is 3.53. The Morgan fingerprint density at radius 1 is 0.850 bits per heavy atom. The van der Waals surface area contributed by atoms with Crippen molar-refractivity contribution in [2.24, 2.45) is 5.92 Å². The van der Waals surface area contributed by atoms with Crippen LogP contribution in [-0.2, 0) is 11.3 Å². The maximum atomic E-state index is 13.8. The van der Waals surface area contributed by atoms with Gasteiger partial charge in [0, 0.05) is 63.1 Å². The molecule has 3 fully saturated rings. The van der Waals surface area contributed by atoms with Crippen molar-refractivity contribution in [3.63, 3.8) is 0 Å². The quantitative estimate of drug-likeness (QED) is 0.498. The van der Waals surface area contributed by atoms with Crippen LogP contribution in [0.15, 0.2) is 48.5 Å². The molecular formula is C32H43N5O3. The maximum absolute atomic E-state index is 13.8. The monoisotopic (exact) mass is 545 g/mol. The molecule has 2 N–H and O–H groups in total. The van der Waals surface area contributed by atoms with Gasteiger partial charge in [-0.15, -0.1) is 0 Å². The summed E-state index contributed by atoms with van der Waals surface area (Å²) in [4.78, 5) is 45.4. The first-order valence-corrected chi connectivity index (χ1v) is 15.0. The summed E-state index contributed by atoms with van der Waals surface area (Å²) < 4.78 is 0. The molecule has 8 nitrogen and oxygen atoms in total. The van der Waals surface area contributed by atoms with Crippen molar-refractivity contribution in [3.8, 4) is 0 Å². The number of amides is 4. The number of piperazine rings is 1. The molecule has 4 amide bonds. The molecule has 0 unspecified atom stereocenters. The fourth-order valence-electron chi connectivity index (χ4n) is 6.29. The minimum atomic E-state index is -0.0895. The Labute approximate surface area is 238 Å². The van der Waals surface area contributed by atoms with E-state index in [1.54, 1.807) is 4.90 Å². The van der Waals surface area contributed by atoms with Crippen molar-refractivity contribution in [1.82, 2.24) is 15.1 Å². The Morgan fingerprint density at radius 2 is 1.52 bits per heavy atom. The van der Waals surface area contributed by atoms with Gasteiger partial charge in [0.25, 0.3) is 5.91 Å². The summed E-state index contributed by atoms with van der Waals surface area (Å²) in [5.41, 5.74) is 3.13. The van der Waals surface area contributed by atoms with Gasteiger partial charge in [0.05, 0.1) is 5.56 Å². The third-order valence-electron chi connectivity index (χ3n) is 8.67. The fourth-order valence-corrected chi connectivity index (χ4v) is 6.29. The number of nitrogens with zero attached hydrogens (tertiary/aromatic N) is 3. The molecule has 2 aliphatic carbocycles. The summed E-state index contributed by atoms with van der Waals surface area (Å²) in [6.45, 7) is 2.99. The number of rotatable bonds is 7. The number of benzene rings is 2. The summed E-state index contributed by atoms with van der Waals surface area (Å²) in [5.74, 6) is -0.000382. The number of nitrogens with one attached hydrogen (secondary N) is 2. The van der Waals surface area contributed by atoms with Crippen molar-refractivity contribution >= 4 is 29.2 Å². The molecule has 5 rings (SSSR count). The Morgan fingerprint density at radius 3 is 2.23 bits per heavy atom. The molecule has 0 spiro atoms. The Hall–Kier alpha value is -3.55. The number of urea groups is 1. The lowest BCUT2D eigenvalue weighted by Crippen LogP contribution is -2.54. The first-order chi connectivity index (χ1) is 19.5. The van der Waals surface area contributed by atoms with Crippen LogP contribution < -0.4 is 15.5 Å². The molecule has 40 heavy (non-hydrogen) atoms. The van der Waals surface area contributed by atoms with Crippen LogP contribution in [0.4, 0.5) is 16.2 Å². The van der Waals surface area contributed by atoms with Crippen molar-refractivity contribution in [3.05, 3.63) is 59.7 Å². The number of hydrogen-bond acceptors (Lipinski definition) is 4. The van der Waals surface area contributed by atoms with E-state index < -0.39 is 0 Å². The molecule has 0 bridgehead atoms. The Balaban J connectivity index is 1.30. The third-order valence-corrected chi connectivity index (χ3v) is 8.67. The van der Waals surface area contributed by atoms with E-state index in [0.29, 0.717) is 44.0 Å². The smallest absolute Gasteiger partial charge is 0.317 e. The van der Waals surface area contributed by atoms with Gasteiger partial charge in [-0.05, 0) is 49.4 Å². The van der Waals surface area contributed by atoms with E-state index in [-0.39, 0.29) is 29.8 Å². The van der Waals surface area contributed by atoms with Gasteiger partial charge in [0.15, 0.2) is 0 Å². The summed E-state index contributed by atoms with van der Waals surface area (Å²) in [6, 6.07) is 15.9. The summed E-state index contributed by atoms with van der Waals surface area (Å²) in [6.07, 6.45) is 9.80. The fraction of sp³-hybridized carbons (Fsp3) is 0.531.